The summed E-state index contributed by atoms with van der Waals surface area (Å²) in [7, 11) is 0. The van der Waals surface area contributed by atoms with Crippen LogP contribution in [0.15, 0.2) is 42.5 Å². The summed E-state index contributed by atoms with van der Waals surface area (Å²) in [6, 6.07) is 10.3. The van der Waals surface area contributed by atoms with Gasteiger partial charge in [0.1, 0.15) is 5.75 Å². The molecule has 0 saturated carbocycles. The Kier molecular flexibility index (Phi) is 5.00. The maximum atomic E-state index is 12.2. The largest absolute Gasteiger partial charge is 0.573 e. The molecule has 1 unspecified atom stereocenters. The second-order valence-electron chi connectivity index (χ2n) is 4.27. The normalized spacial score (nSPS) is 13.0. The molecule has 2 rings (SSSR count). The number of hydrogen-bond acceptors (Lipinski definition) is 2. The molecule has 7 heteroatoms. The van der Waals surface area contributed by atoms with Crippen molar-refractivity contribution in [2.24, 2.45) is 5.73 Å². The third-order valence-electron chi connectivity index (χ3n) is 2.75. The fourth-order valence-electron chi connectivity index (χ4n) is 1.80. The molecule has 0 fully saturated rings. The van der Waals surface area contributed by atoms with E-state index in [1.807, 2.05) is 0 Å². The Morgan fingerprint density at radius 3 is 2.38 bits per heavy atom. The van der Waals surface area contributed by atoms with Crippen LogP contribution in [0, 0.1) is 3.57 Å². The molecular formula is C14H10ClF3INO. The van der Waals surface area contributed by atoms with Crippen molar-refractivity contribution in [3.05, 3.63) is 62.2 Å². The zero-order valence-corrected chi connectivity index (χ0v) is 13.4. The maximum absolute atomic E-state index is 12.2. The van der Waals surface area contributed by atoms with E-state index in [0.29, 0.717) is 16.1 Å². The Morgan fingerprint density at radius 2 is 1.76 bits per heavy atom. The standard InChI is InChI=1S/C14H10ClF3INO/c15-11-7-9(4-5-12(11)19)13(20)8-2-1-3-10(6-8)21-14(16,17)18/h1-7,13H,20H2. The smallest absolute Gasteiger partial charge is 0.406 e. The van der Waals surface area contributed by atoms with Crippen LogP contribution >= 0.6 is 34.2 Å². The van der Waals surface area contributed by atoms with Crippen molar-refractivity contribution in [1.82, 2.24) is 0 Å². The molecule has 0 bridgehead atoms. The van der Waals surface area contributed by atoms with Crippen LogP contribution < -0.4 is 10.5 Å². The minimum absolute atomic E-state index is 0.299. The topological polar surface area (TPSA) is 35.2 Å². The van der Waals surface area contributed by atoms with E-state index in [2.05, 4.69) is 27.3 Å². The zero-order valence-electron chi connectivity index (χ0n) is 10.5. The van der Waals surface area contributed by atoms with Gasteiger partial charge in [-0.05, 0) is 58.0 Å². The molecule has 2 aromatic carbocycles. The average Bonchev–Trinajstić information content (AvgIpc) is 2.39. The molecule has 0 aromatic heterocycles. The minimum Gasteiger partial charge on any atom is -0.406 e. The Morgan fingerprint density at radius 1 is 1.10 bits per heavy atom. The first-order chi connectivity index (χ1) is 9.76. The van der Waals surface area contributed by atoms with Crippen LogP contribution in [0.3, 0.4) is 0 Å². The SMILES string of the molecule is NC(c1cccc(OC(F)(F)F)c1)c1ccc(I)c(Cl)c1. The first-order valence-corrected chi connectivity index (χ1v) is 7.28. The lowest BCUT2D eigenvalue weighted by Crippen LogP contribution is -2.18. The second kappa shape index (κ2) is 6.41. The van der Waals surface area contributed by atoms with Gasteiger partial charge < -0.3 is 10.5 Å². The number of ether oxygens (including phenoxy) is 1. The third-order valence-corrected chi connectivity index (χ3v) is 4.33. The van der Waals surface area contributed by atoms with Gasteiger partial charge in [0.2, 0.25) is 0 Å². The molecule has 0 aliphatic rings. The molecule has 1 atom stereocenters. The number of nitrogens with two attached hydrogens (primary N) is 1. The van der Waals surface area contributed by atoms with E-state index in [0.717, 1.165) is 3.57 Å². The van der Waals surface area contributed by atoms with Crippen molar-refractivity contribution in [2.75, 3.05) is 0 Å². The highest BCUT2D eigenvalue weighted by Gasteiger charge is 2.31. The van der Waals surface area contributed by atoms with Gasteiger partial charge >= 0.3 is 6.36 Å². The van der Waals surface area contributed by atoms with Crippen molar-refractivity contribution >= 4 is 34.2 Å². The predicted octanol–water partition coefficient (Wildman–Crippen LogP) is 4.89. The molecule has 0 aliphatic carbocycles. The van der Waals surface area contributed by atoms with Crippen LogP contribution in [0.5, 0.6) is 5.75 Å². The molecule has 2 aromatic rings. The van der Waals surface area contributed by atoms with Gasteiger partial charge in [0, 0.05) is 3.57 Å². The van der Waals surface area contributed by atoms with E-state index in [1.54, 1.807) is 24.3 Å². The van der Waals surface area contributed by atoms with Gasteiger partial charge in [0.25, 0.3) is 0 Å². The molecule has 0 radical (unpaired) electrons. The maximum Gasteiger partial charge on any atom is 0.573 e. The van der Waals surface area contributed by atoms with Crippen LogP contribution in [0.4, 0.5) is 13.2 Å². The molecule has 112 valence electrons. The van der Waals surface area contributed by atoms with Crippen molar-refractivity contribution < 1.29 is 17.9 Å². The molecule has 2 N–H and O–H groups in total. The third kappa shape index (κ3) is 4.49. The van der Waals surface area contributed by atoms with Gasteiger partial charge in [-0.1, -0.05) is 29.8 Å². The van der Waals surface area contributed by atoms with Gasteiger partial charge in [-0.15, -0.1) is 13.2 Å². The van der Waals surface area contributed by atoms with Gasteiger partial charge in [0.05, 0.1) is 11.1 Å². The summed E-state index contributed by atoms with van der Waals surface area (Å²) in [4.78, 5) is 0. The highest BCUT2D eigenvalue weighted by atomic mass is 127. The Labute approximate surface area is 138 Å². The Balaban J connectivity index is 2.28. The van der Waals surface area contributed by atoms with E-state index in [4.69, 9.17) is 17.3 Å². The summed E-state index contributed by atoms with van der Waals surface area (Å²) in [6.45, 7) is 0. The zero-order chi connectivity index (χ0) is 15.6. The number of hydrogen-bond donors (Lipinski definition) is 1. The Hall–Kier alpha value is -0.990. The predicted molar refractivity (Wildman–Crippen MR) is 83.3 cm³/mol. The number of alkyl halides is 3. The second-order valence-corrected chi connectivity index (χ2v) is 5.84. The lowest BCUT2D eigenvalue weighted by atomic mass is 9.99. The molecule has 0 amide bonds. The first-order valence-electron chi connectivity index (χ1n) is 5.82. The van der Waals surface area contributed by atoms with E-state index in [1.165, 1.54) is 18.2 Å². The number of rotatable bonds is 3. The van der Waals surface area contributed by atoms with Crippen LogP contribution in [0.25, 0.3) is 0 Å². The molecule has 0 spiro atoms. The molecule has 21 heavy (non-hydrogen) atoms. The number of benzene rings is 2. The van der Waals surface area contributed by atoms with Crippen molar-refractivity contribution in [3.8, 4) is 5.75 Å². The van der Waals surface area contributed by atoms with E-state index in [9.17, 15) is 13.2 Å². The molecule has 0 aliphatic heterocycles. The fraction of sp³-hybridized carbons (Fsp3) is 0.143. The highest BCUT2D eigenvalue weighted by molar-refractivity contribution is 14.1. The van der Waals surface area contributed by atoms with Crippen LogP contribution in [-0.4, -0.2) is 6.36 Å². The van der Waals surface area contributed by atoms with Crippen LogP contribution in [0.1, 0.15) is 17.2 Å². The van der Waals surface area contributed by atoms with Gasteiger partial charge in [-0.3, -0.25) is 0 Å². The summed E-state index contributed by atoms with van der Waals surface area (Å²) >= 11 is 8.11. The van der Waals surface area contributed by atoms with Crippen molar-refractivity contribution in [2.45, 2.75) is 12.4 Å². The molecular weight excluding hydrogens is 418 g/mol. The number of halogens is 5. The van der Waals surface area contributed by atoms with Gasteiger partial charge in [-0.25, -0.2) is 0 Å². The quantitative estimate of drug-likeness (QED) is 0.708. The van der Waals surface area contributed by atoms with Crippen molar-refractivity contribution in [1.29, 1.82) is 0 Å². The highest BCUT2D eigenvalue weighted by Crippen LogP contribution is 2.29. The summed E-state index contributed by atoms with van der Waals surface area (Å²) in [5.41, 5.74) is 7.29. The lowest BCUT2D eigenvalue weighted by molar-refractivity contribution is -0.274. The summed E-state index contributed by atoms with van der Waals surface area (Å²) in [6.07, 6.45) is -4.73. The van der Waals surface area contributed by atoms with E-state index in [-0.39, 0.29) is 5.75 Å². The first kappa shape index (κ1) is 16.4. The van der Waals surface area contributed by atoms with Crippen LogP contribution in [0.2, 0.25) is 5.02 Å². The fourth-order valence-corrected chi connectivity index (χ4v) is 2.33. The van der Waals surface area contributed by atoms with E-state index >= 15 is 0 Å². The summed E-state index contributed by atoms with van der Waals surface area (Å²) in [5, 5.41) is 0.547. The van der Waals surface area contributed by atoms with Gasteiger partial charge in [0.15, 0.2) is 0 Å². The van der Waals surface area contributed by atoms with Crippen LogP contribution in [-0.2, 0) is 0 Å². The van der Waals surface area contributed by atoms with E-state index < -0.39 is 12.4 Å². The summed E-state index contributed by atoms with van der Waals surface area (Å²) < 4.78 is 41.4. The van der Waals surface area contributed by atoms with Crippen molar-refractivity contribution in [3.63, 3.8) is 0 Å². The molecule has 0 saturated heterocycles. The lowest BCUT2D eigenvalue weighted by Gasteiger charge is -2.15. The molecule has 0 heterocycles. The summed E-state index contributed by atoms with van der Waals surface area (Å²) in [5.74, 6) is -0.299. The monoisotopic (exact) mass is 427 g/mol. The Bertz CT molecular complexity index is 648. The minimum atomic E-state index is -4.73. The molecule has 2 nitrogen and oxygen atoms in total. The van der Waals surface area contributed by atoms with Gasteiger partial charge in [-0.2, -0.15) is 0 Å². The average molecular weight is 428 g/mol.